The van der Waals surface area contributed by atoms with Crippen molar-refractivity contribution >= 4 is 29.5 Å². The van der Waals surface area contributed by atoms with Crippen molar-refractivity contribution in [2.24, 2.45) is 0 Å². The molecule has 3 heterocycles. The van der Waals surface area contributed by atoms with Crippen LogP contribution in [0.3, 0.4) is 0 Å². The van der Waals surface area contributed by atoms with E-state index in [-0.39, 0.29) is 5.69 Å². The summed E-state index contributed by atoms with van der Waals surface area (Å²) in [6.07, 6.45) is -1.32. The first-order chi connectivity index (χ1) is 14.0. The third-order valence-corrected chi connectivity index (χ3v) is 3.33. The van der Waals surface area contributed by atoms with Gasteiger partial charge in [0.15, 0.2) is 5.69 Å². The van der Waals surface area contributed by atoms with Gasteiger partial charge in [-0.1, -0.05) is 0 Å². The van der Waals surface area contributed by atoms with Gasteiger partial charge in [-0.15, -0.1) is 0 Å². The zero-order valence-corrected chi connectivity index (χ0v) is 15.6. The van der Waals surface area contributed by atoms with Crippen molar-refractivity contribution in [3.05, 3.63) is 30.0 Å². The maximum atomic E-state index is 11.1. The predicted octanol–water partition coefficient (Wildman–Crippen LogP) is 1.16. The Hall–Kier alpha value is -3.91. The molecular formula is C15H16F3N7O5. The largest absolute Gasteiger partial charge is 0.490 e. The zero-order valence-electron chi connectivity index (χ0n) is 15.6. The minimum Gasteiger partial charge on any atom is -0.477 e. The number of carboxylic acids is 2. The van der Waals surface area contributed by atoms with Gasteiger partial charge in [0.1, 0.15) is 5.65 Å². The summed E-state index contributed by atoms with van der Waals surface area (Å²) in [4.78, 5) is 34.1. The topological polar surface area (TPSA) is 159 Å². The molecule has 3 aromatic heterocycles. The van der Waals surface area contributed by atoms with Crippen LogP contribution in [-0.4, -0.2) is 73.5 Å². The molecule has 0 radical (unpaired) electrons. The van der Waals surface area contributed by atoms with Gasteiger partial charge in [0.2, 0.25) is 11.8 Å². The molecule has 0 aliphatic heterocycles. The fraction of sp³-hybridized carbons (Fsp3) is 0.333. The van der Waals surface area contributed by atoms with Gasteiger partial charge in [-0.3, -0.25) is 4.40 Å². The number of hydrogen-bond acceptors (Lipinski definition) is 9. The van der Waals surface area contributed by atoms with Gasteiger partial charge >= 0.3 is 18.1 Å². The molecular weight excluding hydrogens is 415 g/mol. The van der Waals surface area contributed by atoms with Crippen LogP contribution < -0.4 is 10.2 Å². The average molecular weight is 431 g/mol. The Morgan fingerprint density at radius 2 is 1.93 bits per heavy atom. The van der Waals surface area contributed by atoms with Gasteiger partial charge in [0.25, 0.3) is 5.95 Å². The number of fused-ring (bicyclic) bond motifs is 1. The second kappa shape index (κ2) is 9.06. The highest BCUT2D eigenvalue weighted by Crippen LogP contribution is 2.13. The molecule has 162 valence electrons. The van der Waals surface area contributed by atoms with Crippen molar-refractivity contribution in [3.63, 3.8) is 0 Å². The van der Waals surface area contributed by atoms with Gasteiger partial charge in [-0.25, -0.2) is 19.6 Å². The molecule has 0 amide bonds. The Morgan fingerprint density at radius 1 is 1.27 bits per heavy atom. The number of aromatic carboxylic acids is 1. The molecule has 3 aromatic rings. The molecule has 12 nitrogen and oxygen atoms in total. The third kappa shape index (κ3) is 5.79. The van der Waals surface area contributed by atoms with Crippen LogP contribution in [0.4, 0.5) is 25.1 Å². The number of nitrogens with zero attached hydrogens (tertiary/aromatic N) is 6. The summed E-state index contributed by atoms with van der Waals surface area (Å²) in [5.41, 5.74) is 0.437. The molecule has 0 bridgehead atoms. The number of carbonyl (C=O) groups is 2. The number of carboxylic acid groups (broad SMARTS) is 2. The zero-order chi connectivity index (χ0) is 22.5. The summed E-state index contributed by atoms with van der Waals surface area (Å²) < 4.78 is 38.5. The molecule has 15 heteroatoms. The van der Waals surface area contributed by atoms with Crippen molar-refractivity contribution < 1.29 is 37.5 Å². The summed E-state index contributed by atoms with van der Waals surface area (Å²) in [7, 11) is 3.65. The Balaban J connectivity index is 0.000000396. The van der Waals surface area contributed by atoms with E-state index in [1.165, 1.54) is 6.07 Å². The van der Waals surface area contributed by atoms with E-state index in [1.807, 2.05) is 14.1 Å². The molecule has 0 aromatic carbocycles. The predicted molar refractivity (Wildman–Crippen MR) is 94.5 cm³/mol. The van der Waals surface area contributed by atoms with Crippen molar-refractivity contribution in [1.29, 1.82) is 0 Å². The second-order valence-electron chi connectivity index (χ2n) is 5.79. The van der Waals surface area contributed by atoms with Gasteiger partial charge in [-0.2, -0.15) is 18.2 Å². The summed E-state index contributed by atoms with van der Waals surface area (Å²) in [5.74, 6) is -2.48. The van der Waals surface area contributed by atoms with E-state index in [2.05, 4.69) is 25.4 Å². The first-order valence-electron chi connectivity index (χ1n) is 8.10. The highest BCUT2D eigenvalue weighted by molar-refractivity contribution is 5.87. The summed E-state index contributed by atoms with van der Waals surface area (Å²) in [5, 5.41) is 23.1. The highest BCUT2D eigenvalue weighted by Gasteiger charge is 2.38. The van der Waals surface area contributed by atoms with E-state index in [0.717, 1.165) is 0 Å². The molecule has 30 heavy (non-hydrogen) atoms. The van der Waals surface area contributed by atoms with Crippen LogP contribution in [0.2, 0.25) is 0 Å². The number of rotatable bonds is 6. The van der Waals surface area contributed by atoms with E-state index in [0.29, 0.717) is 36.4 Å². The fourth-order valence-corrected chi connectivity index (χ4v) is 1.97. The number of aromatic nitrogens is 5. The molecule has 0 saturated heterocycles. The van der Waals surface area contributed by atoms with E-state index >= 15 is 0 Å². The Bertz CT molecular complexity index is 1030. The average Bonchev–Trinajstić information content (AvgIpc) is 3.30. The van der Waals surface area contributed by atoms with Gasteiger partial charge in [0, 0.05) is 45.5 Å². The van der Waals surface area contributed by atoms with Gasteiger partial charge in [-0.05, 0) is 5.16 Å². The van der Waals surface area contributed by atoms with E-state index in [4.69, 9.17) is 19.5 Å². The molecule has 0 atom stereocenters. The van der Waals surface area contributed by atoms with Crippen LogP contribution in [-0.2, 0) is 11.2 Å². The lowest BCUT2D eigenvalue weighted by Gasteiger charge is -2.07. The smallest absolute Gasteiger partial charge is 0.477 e. The van der Waals surface area contributed by atoms with Crippen LogP contribution >= 0.6 is 0 Å². The van der Waals surface area contributed by atoms with Crippen molar-refractivity contribution in [1.82, 2.24) is 24.5 Å². The van der Waals surface area contributed by atoms with Gasteiger partial charge in [0.05, 0.1) is 0 Å². The van der Waals surface area contributed by atoms with Gasteiger partial charge < -0.3 is 25.0 Å². The van der Waals surface area contributed by atoms with Crippen molar-refractivity contribution in [2.75, 3.05) is 30.9 Å². The van der Waals surface area contributed by atoms with Crippen molar-refractivity contribution in [3.8, 4) is 0 Å². The van der Waals surface area contributed by atoms with E-state index in [9.17, 15) is 18.0 Å². The van der Waals surface area contributed by atoms with Crippen LogP contribution in [0.1, 0.15) is 16.4 Å². The monoisotopic (exact) mass is 431 g/mol. The first-order valence-corrected chi connectivity index (χ1v) is 8.10. The number of aliphatic carboxylic acids is 1. The molecule has 0 unspecified atom stereocenters. The van der Waals surface area contributed by atoms with E-state index < -0.39 is 18.1 Å². The second-order valence-corrected chi connectivity index (χ2v) is 5.79. The summed E-state index contributed by atoms with van der Waals surface area (Å²) in [6, 6.07) is 1.41. The van der Waals surface area contributed by atoms with Crippen LogP contribution in [0.15, 0.2) is 23.0 Å². The number of alkyl halides is 3. The maximum Gasteiger partial charge on any atom is 0.490 e. The number of nitrogens with one attached hydrogen (secondary N) is 1. The fourth-order valence-electron chi connectivity index (χ4n) is 1.97. The minimum absolute atomic E-state index is 0.0705. The van der Waals surface area contributed by atoms with Crippen molar-refractivity contribution in [2.45, 2.75) is 12.6 Å². The lowest BCUT2D eigenvalue weighted by Crippen LogP contribution is -2.21. The normalized spacial score (nSPS) is 11.0. The molecule has 0 aliphatic rings. The number of imidazole rings is 1. The summed E-state index contributed by atoms with van der Waals surface area (Å²) >= 11 is 0. The van der Waals surface area contributed by atoms with Crippen LogP contribution in [0.25, 0.3) is 5.65 Å². The molecule has 3 rings (SSSR count). The van der Waals surface area contributed by atoms with E-state index in [1.54, 1.807) is 21.7 Å². The number of hydrogen-bond donors (Lipinski definition) is 3. The number of halogens is 3. The quantitative estimate of drug-likeness (QED) is 0.514. The summed E-state index contributed by atoms with van der Waals surface area (Å²) in [6.45, 7) is 0.457. The number of anilines is 2. The molecule has 0 spiro atoms. The Kier molecular flexibility index (Phi) is 6.76. The third-order valence-electron chi connectivity index (χ3n) is 3.33. The first kappa shape index (κ1) is 22.4. The molecule has 3 N–H and O–H groups in total. The SMILES string of the molecule is CN(C)c1noc(CCNc2nc(C(=O)O)cc3nccn23)n1.O=C(O)C(F)(F)F. The Morgan fingerprint density at radius 3 is 2.47 bits per heavy atom. The highest BCUT2D eigenvalue weighted by atomic mass is 19.4. The molecule has 0 aliphatic carbocycles. The standard InChI is InChI=1S/C13H15N7O3.C2HF3O2/c1-19(2)13-17-10(23-18-13)3-4-15-12-16-8(11(21)22)7-9-14-5-6-20(9)12;3-2(4,5)1(6)7/h5-7H,3-4H2,1-2H3,(H,15,16)(H,21,22);(H,6,7). The minimum atomic E-state index is -5.08. The maximum absolute atomic E-state index is 11.1. The van der Waals surface area contributed by atoms with Crippen LogP contribution in [0, 0.1) is 0 Å². The molecule has 0 fully saturated rings. The lowest BCUT2D eigenvalue weighted by atomic mass is 10.4. The lowest BCUT2D eigenvalue weighted by molar-refractivity contribution is -0.192. The Labute approximate surface area is 166 Å². The molecule has 0 saturated carbocycles. The van der Waals surface area contributed by atoms with Crippen LogP contribution in [0.5, 0.6) is 0 Å².